The predicted molar refractivity (Wildman–Crippen MR) is 132 cm³/mol. The standard InChI is InChI=1S/C23H24ClN3O4S2/c1-23(11-13-27(23)21(28)19-15-32-20-6-3-2-5-18(19)20)22(29)26(12-4-14-33(25,30)31)17-9-7-16(24)8-10-17/h2-3,5-10,15H,4,11-14H2,1H3,(H2,25,30,31). The van der Waals surface area contributed by atoms with Crippen LogP contribution in [0.5, 0.6) is 0 Å². The molecule has 33 heavy (non-hydrogen) atoms. The van der Waals surface area contributed by atoms with Gasteiger partial charge in [0.25, 0.3) is 11.8 Å². The molecule has 1 unspecified atom stereocenters. The molecule has 0 aliphatic carbocycles. The maximum absolute atomic E-state index is 13.8. The van der Waals surface area contributed by atoms with E-state index >= 15 is 0 Å². The van der Waals surface area contributed by atoms with Crippen molar-refractivity contribution >= 4 is 60.5 Å². The van der Waals surface area contributed by atoms with Gasteiger partial charge < -0.3 is 9.80 Å². The third-order valence-electron chi connectivity index (χ3n) is 6.03. The summed E-state index contributed by atoms with van der Waals surface area (Å²) in [5.41, 5.74) is 0.128. The Labute approximate surface area is 201 Å². The highest BCUT2D eigenvalue weighted by atomic mass is 35.5. The fourth-order valence-corrected chi connectivity index (χ4v) is 5.67. The van der Waals surface area contributed by atoms with Crippen LogP contribution in [0.1, 0.15) is 30.1 Å². The van der Waals surface area contributed by atoms with Crippen molar-refractivity contribution in [2.45, 2.75) is 25.3 Å². The van der Waals surface area contributed by atoms with Crippen LogP contribution in [0, 0.1) is 0 Å². The maximum atomic E-state index is 13.8. The number of hydrogen-bond acceptors (Lipinski definition) is 5. The van der Waals surface area contributed by atoms with Gasteiger partial charge in [0.2, 0.25) is 10.0 Å². The lowest BCUT2D eigenvalue weighted by molar-refractivity contribution is -0.134. The lowest BCUT2D eigenvalue weighted by Crippen LogP contribution is -2.68. The molecule has 1 aliphatic rings. The highest BCUT2D eigenvalue weighted by molar-refractivity contribution is 7.89. The molecule has 1 fully saturated rings. The smallest absolute Gasteiger partial charge is 0.256 e. The average molecular weight is 506 g/mol. The molecule has 2 heterocycles. The zero-order chi connectivity index (χ0) is 23.8. The van der Waals surface area contributed by atoms with E-state index in [0.717, 1.165) is 10.1 Å². The van der Waals surface area contributed by atoms with Gasteiger partial charge in [-0.1, -0.05) is 29.8 Å². The highest BCUT2D eigenvalue weighted by Gasteiger charge is 2.51. The monoisotopic (exact) mass is 505 g/mol. The first-order valence-electron chi connectivity index (χ1n) is 10.5. The molecule has 10 heteroatoms. The van der Waals surface area contributed by atoms with Crippen LogP contribution >= 0.6 is 22.9 Å². The molecule has 174 valence electrons. The van der Waals surface area contributed by atoms with Gasteiger partial charge in [-0.15, -0.1) is 11.3 Å². The number of primary sulfonamides is 1. The van der Waals surface area contributed by atoms with Crippen molar-refractivity contribution in [3.63, 3.8) is 0 Å². The van der Waals surface area contributed by atoms with Crippen LogP contribution in [0.2, 0.25) is 5.02 Å². The Kier molecular flexibility index (Phi) is 6.50. The molecule has 1 saturated heterocycles. The van der Waals surface area contributed by atoms with Crippen LogP contribution in [-0.4, -0.2) is 49.5 Å². The second-order valence-electron chi connectivity index (χ2n) is 8.28. The van der Waals surface area contributed by atoms with Gasteiger partial charge in [-0.05, 0) is 50.1 Å². The van der Waals surface area contributed by atoms with Crippen molar-refractivity contribution in [2.24, 2.45) is 5.14 Å². The van der Waals surface area contributed by atoms with E-state index in [9.17, 15) is 18.0 Å². The van der Waals surface area contributed by atoms with Crippen molar-refractivity contribution in [1.82, 2.24) is 4.90 Å². The van der Waals surface area contributed by atoms with Crippen molar-refractivity contribution in [2.75, 3.05) is 23.7 Å². The molecular formula is C23H24ClN3O4S2. The Balaban J connectivity index is 1.61. The summed E-state index contributed by atoms with van der Waals surface area (Å²) in [5.74, 6) is -0.696. The minimum absolute atomic E-state index is 0.149. The van der Waals surface area contributed by atoms with E-state index in [1.807, 2.05) is 29.6 Å². The molecule has 3 aromatic rings. The molecule has 0 saturated carbocycles. The lowest BCUT2D eigenvalue weighted by Gasteiger charge is -2.50. The molecule has 0 bridgehead atoms. The topological polar surface area (TPSA) is 101 Å². The first-order chi connectivity index (χ1) is 15.6. The number of hydrogen-bond donors (Lipinski definition) is 1. The summed E-state index contributed by atoms with van der Waals surface area (Å²) in [6.45, 7) is 2.38. The van der Waals surface area contributed by atoms with Gasteiger partial charge >= 0.3 is 0 Å². The summed E-state index contributed by atoms with van der Waals surface area (Å²) in [4.78, 5) is 30.3. The number of amides is 2. The van der Waals surface area contributed by atoms with Gasteiger partial charge in [-0.2, -0.15) is 0 Å². The number of sulfonamides is 1. The Morgan fingerprint density at radius 1 is 1.18 bits per heavy atom. The molecule has 7 nitrogen and oxygen atoms in total. The molecule has 2 aromatic carbocycles. The van der Waals surface area contributed by atoms with E-state index < -0.39 is 15.6 Å². The molecule has 1 atom stereocenters. The number of thiophene rings is 1. The summed E-state index contributed by atoms with van der Waals surface area (Å²) in [6.07, 6.45) is 0.686. The first kappa shape index (κ1) is 23.7. The van der Waals surface area contributed by atoms with Gasteiger partial charge in [0.05, 0.1) is 11.3 Å². The number of benzene rings is 2. The summed E-state index contributed by atoms with van der Waals surface area (Å²) < 4.78 is 23.8. The van der Waals surface area contributed by atoms with E-state index in [1.165, 1.54) is 16.2 Å². The number of rotatable bonds is 7. The zero-order valence-corrected chi connectivity index (χ0v) is 20.4. The Bertz CT molecular complexity index is 1310. The van der Waals surface area contributed by atoms with Crippen molar-refractivity contribution in [3.05, 3.63) is 64.5 Å². The second kappa shape index (κ2) is 9.06. The van der Waals surface area contributed by atoms with Crippen LogP contribution in [0.15, 0.2) is 53.9 Å². The summed E-state index contributed by atoms with van der Waals surface area (Å²) in [7, 11) is -3.66. The first-order valence-corrected chi connectivity index (χ1v) is 13.4. The minimum Gasteiger partial charge on any atom is -0.324 e. The number of anilines is 1. The number of likely N-dealkylation sites (tertiary alicyclic amines) is 1. The zero-order valence-electron chi connectivity index (χ0n) is 18.0. The molecule has 2 N–H and O–H groups in total. The molecule has 0 spiro atoms. The molecule has 0 radical (unpaired) electrons. The third-order valence-corrected chi connectivity index (χ3v) is 8.10. The van der Waals surface area contributed by atoms with Gasteiger partial charge in [0, 0.05) is 39.3 Å². The van der Waals surface area contributed by atoms with Crippen LogP contribution in [0.4, 0.5) is 5.69 Å². The van der Waals surface area contributed by atoms with Crippen LogP contribution in [0.3, 0.4) is 0 Å². The molecule has 1 aromatic heterocycles. The van der Waals surface area contributed by atoms with E-state index in [4.69, 9.17) is 16.7 Å². The summed E-state index contributed by atoms with van der Waals surface area (Å²) in [6, 6.07) is 14.4. The van der Waals surface area contributed by atoms with Crippen LogP contribution < -0.4 is 10.0 Å². The predicted octanol–water partition coefficient (Wildman–Crippen LogP) is 3.87. The number of fused-ring (bicyclic) bond motifs is 1. The van der Waals surface area contributed by atoms with Crippen molar-refractivity contribution in [3.8, 4) is 0 Å². The van der Waals surface area contributed by atoms with Gasteiger partial charge in [0.15, 0.2) is 0 Å². The van der Waals surface area contributed by atoms with Crippen molar-refractivity contribution in [1.29, 1.82) is 0 Å². The number of carbonyl (C=O) groups is 2. The fourth-order valence-electron chi connectivity index (χ4n) is 4.08. The fraction of sp³-hybridized carbons (Fsp3) is 0.304. The number of carbonyl (C=O) groups excluding carboxylic acids is 2. The van der Waals surface area contributed by atoms with E-state index in [2.05, 4.69) is 0 Å². The normalized spacial score (nSPS) is 18.2. The second-order valence-corrected chi connectivity index (χ2v) is 11.4. The van der Waals surface area contributed by atoms with Gasteiger partial charge in [-0.3, -0.25) is 9.59 Å². The summed E-state index contributed by atoms with van der Waals surface area (Å²) >= 11 is 7.50. The van der Waals surface area contributed by atoms with Crippen LogP contribution in [-0.2, 0) is 14.8 Å². The van der Waals surface area contributed by atoms with E-state index in [-0.39, 0.29) is 30.5 Å². The number of nitrogens with two attached hydrogens (primary N) is 1. The molecule has 1 aliphatic heterocycles. The average Bonchev–Trinajstić information content (AvgIpc) is 3.19. The van der Waals surface area contributed by atoms with Gasteiger partial charge in [-0.25, -0.2) is 13.6 Å². The van der Waals surface area contributed by atoms with Gasteiger partial charge in [0.1, 0.15) is 5.54 Å². The minimum atomic E-state index is -3.66. The van der Waals surface area contributed by atoms with E-state index in [1.54, 1.807) is 36.1 Å². The van der Waals surface area contributed by atoms with Crippen LogP contribution in [0.25, 0.3) is 10.1 Å². The third kappa shape index (κ3) is 4.77. The number of halogens is 1. The maximum Gasteiger partial charge on any atom is 0.256 e. The summed E-state index contributed by atoms with van der Waals surface area (Å²) in [5, 5.41) is 8.37. The highest BCUT2D eigenvalue weighted by Crippen LogP contribution is 2.37. The number of nitrogens with zero attached hydrogens (tertiary/aromatic N) is 2. The molecular weight excluding hydrogens is 482 g/mol. The Morgan fingerprint density at radius 2 is 1.88 bits per heavy atom. The van der Waals surface area contributed by atoms with E-state index in [0.29, 0.717) is 29.2 Å². The quantitative estimate of drug-likeness (QED) is 0.526. The Hall–Kier alpha value is -2.46. The SMILES string of the molecule is CC1(C(=O)N(CCCS(N)(=O)=O)c2ccc(Cl)cc2)CCN1C(=O)c1csc2ccccc12. The Morgan fingerprint density at radius 3 is 2.52 bits per heavy atom. The largest absolute Gasteiger partial charge is 0.324 e. The lowest BCUT2D eigenvalue weighted by atomic mass is 9.84. The molecule has 4 rings (SSSR count). The molecule has 2 amide bonds. The van der Waals surface area contributed by atoms with Crippen molar-refractivity contribution < 1.29 is 18.0 Å².